The first-order valence-corrected chi connectivity index (χ1v) is 5.96. The Hall–Kier alpha value is -2.37. The Bertz CT molecular complexity index is 545. The van der Waals surface area contributed by atoms with Crippen molar-refractivity contribution < 1.29 is 9.13 Å². The first-order chi connectivity index (χ1) is 9.20. The molecule has 0 saturated heterocycles. The molecule has 0 saturated carbocycles. The van der Waals surface area contributed by atoms with Crippen LogP contribution in [0.15, 0.2) is 30.6 Å². The molecule has 0 spiro atoms. The van der Waals surface area contributed by atoms with Crippen LogP contribution >= 0.6 is 0 Å². The number of nitrogen functional groups attached to an aromatic ring is 1. The second kappa shape index (κ2) is 5.99. The van der Waals surface area contributed by atoms with Gasteiger partial charge >= 0.3 is 0 Å². The zero-order chi connectivity index (χ0) is 13.7. The molecule has 0 bridgehead atoms. The number of halogens is 1. The molecule has 19 heavy (non-hydrogen) atoms. The van der Waals surface area contributed by atoms with Crippen molar-refractivity contribution in [3.05, 3.63) is 36.4 Å². The molecule has 5 nitrogen and oxygen atoms in total. The highest BCUT2D eigenvalue weighted by molar-refractivity contribution is 5.71. The summed E-state index contributed by atoms with van der Waals surface area (Å²) < 4.78 is 18.2. The first kappa shape index (κ1) is 13.1. The van der Waals surface area contributed by atoms with Gasteiger partial charge in [-0.25, -0.2) is 9.37 Å². The summed E-state index contributed by atoms with van der Waals surface area (Å²) in [6.45, 7) is 2.53. The Kier molecular flexibility index (Phi) is 4.12. The maximum atomic E-state index is 12.8. The molecule has 0 unspecified atom stereocenters. The molecule has 0 fully saturated rings. The molecule has 2 rings (SSSR count). The van der Waals surface area contributed by atoms with E-state index in [4.69, 9.17) is 10.5 Å². The van der Waals surface area contributed by atoms with Gasteiger partial charge in [0.1, 0.15) is 17.8 Å². The van der Waals surface area contributed by atoms with Crippen molar-refractivity contribution in [1.82, 2.24) is 9.97 Å². The molecule has 0 aliphatic rings. The molecule has 3 N–H and O–H groups in total. The summed E-state index contributed by atoms with van der Waals surface area (Å²) in [7, 11) is 0. The minimum atomic E-state index is -0.298. The van der Waals surface area contributed by atoms with Crippen LogP contribution in [0.4, 0.5) is 21.6 Å². The number of nitrogens with one attached hydrogen (secondary N) is 1. The lowest BCUT2D eigenvalue weighted by molar-refractivity contribution is 0.307. The highest BCUT2D eigenvalue weighted by Gasteiger charge is 2.09. The number of nitrogens with zero attached hydrogens (tertiary/aromatic N) is 2. The van der Waals surface area contributed by atoms with E-state index in [-0.39, 0.29) is 5.82 Å². The van der Waals surface area contributed by atoms with E-state index in [0.29, 0.717) is 29.7 Å². The molecule has 6 heteroatoms. The molecule has 2 aromatic rings. The van der Waals surface area contributed by atoms with Crippen LogP contribution in [-0.4, -0.2) is 16.6 Å². The summed E-state index contributed by atoms with van der Waals surface area (Å²) >= 11 is 0. The zero-order valence-corrected chi connectivity index (χ0v) is 10.6. The fourth-order valence-electron chi connectivity index (χ4n) is 1.46. The van der Waals surface area contributed by atoms with Gasteiger partial charge in [0.25, 0.3) is 0 Å². The SMILES string of the molecule is CCCOc1ncnc(Nc2ccc(F)cc2)c1N. The van der Waals surface area contributed by atoms with E-state index >= 15 is 0 Å². The maximum absolute atomic E-state index is 12.8. The molecule has 0 aliphatic heterocycles. The van der Waals surface area contributed by atoms with Gasteiger partial charge < -0.3 is 15.8 Å². The number of hydrogen-bond acceptors (Lipinski definition) is 5. The Labute approximate surface area is 110 Å². The van der Waals surface area contributed by atoms with E-state index in [2.05, 4.69) is 15.3 Å². The Morgan fingerprint density at radius 1 is 1.26 bits per heavy atom. The molecule has 1 aromatic heterocycles. The van der Waals surface area contributed by atoms with E-state index in [1.165, 1.54) is 18.5 Å². The standard InChI is InChI=1S/C13H15FN4O/c1-2-7-19-13-11(15)12(16-8-17-13)18-10-5-3-9(14)4-6-10/h3-6,8H,2,7,15H2,1H3,(H,16,17,18). The van der Waals surface area contributed by atoms with E-state index < -0.39 is 0 Å². The summed E-state index contributed by atoms with van der Waals surface area (Å²) in [4.78, 5) is 8.02. The lowest BCUT2D eigenvalue weighted by Gasteiger charge is -2.11. The van der Waals surface area contributed by atoms with Gasteiger partial charge in [-0.2, -0.15) is 4.98 Å². The maximum Gasteiger partial charge on any atom is 0.242 e. The topological polar surface area (TPSA) is 73.1 Å². The van der Waals surface area contributed by atoms with Crippen LogP contribution in [0.2, 0.25) is 0 Å². The summed E-state index contributed by atoms with van der Waals surface area (Å²) in [5, 5.41) is 2.99. The summed E-state index contributed by atoms with van der Waals surface area (Å²) in [6.07, 6.45) is 2.23. The smallest absolute Gasteiger partial charge is 0.242 e. The lowest BCUT2D eigenvalue weighted by atomic mass is 10.3. The third kappa shape index (κ3) is 3.31. The van der Waals surface area contributed by atoms with Crippen molar-refractivity contribution in [2.24, 2.45) is 0 Å². The quantitative estimate of drug-likeness (QED) is 0.866. The summed E-state index contributed by atoms with van der Waals surface area (Å²) in [5.41, 5.74) is 6.94. The second-order valence-electron chi connectivity index (χ2n) is 3.92. The first-order valence-electron chi connectivity index (χ1n) is 5.96. The van der Waals surface area contributed by atoms with Crippen LogP contribution in [0.3, 0.4) is 0 Å². The van der Waals surface area contributed by atoms with E-state index in [1.807, 2.05) is 6.92 Å². The number of rotatable bonds is 5. The highest BCUT2D eigenvalue weighted by atomic mass is 19.1. The van der Waals surface area contributed by atoms with Gasteiger partial charge in [-0.1, -0.05) is 6.92 Å². The third-order valence-corrected chi connectivity index (χ3v) is 2.40. The molecule has 100 valence electrons. The molecule has 1 aromatic carbocycles. The average molecular weight is 262 g/mol. The molecule has 0 atom stereocenters. The Balaban J connectivity index is 2.18. The number of nitrogens with two attached hydrogens (primary N) is 1. The third-order valence-electron chi connectivity index (χ3n) is 2.40. The second-order valence-corrected chi connectivity index (χ2v) is 3.92. The normalized spacial score (nSPS) is 10.2. The predicted molar refractivity (Wildman–Crippen MR) is 71.9 cm³/mol. The minimum absolute atomic E-state index is 0.298. The fourth-order valence-corrected chi connectivity index (χ4v) is 1.46. The van der Waals surface area contributed by atoms with Gasteiger partial charge in [0.05, 0.1) is 6.61 Å². The van der Waals surface area contributed by atoms with Gasteiger partial charge in [-0.15, -0.1) is 0 Å². The lowest BCUT2D eigenvalue weighted by Crippen LogP contribution is -2.05. The van der Waals surface area contributed by atoms with Crippen LogP contribution in [0, 0.1) is 5.82 Å². The number of benzene rings is 1. The van der Waals surface area contributed by atoms with Gasteiger partial charge in [-0.05, 0) is 30.7 Å². The summed E-state index contributed by atoms with van der Waals surface area (Å²) in [6, 6.07) is 5.91. The zero-order valence-electron chi connectivity index (χ0n) is 10.6. The van der Waals surface area contributed by atoms with Crippen LogP contribution in [0.5, 0.6) is 5.88 Å². The average Bonchev–Trinajstić information content (AvgIpc) is 2.42. The molecule has 0 amide bonds. The highest BCUT2D eigenvalue weighted by Crippen LogP contribution is 2.27. The number of ether oxygens (including phenoxy) is 1. The van der Waals surface area contributed by atoms with E-state index in [0.717, 1.165) is 6.42 Å². The van der Waals surface area contributed by atoms with Crippen LogP contribution in [-0.2, 0) is 0 Å². The van der Waals surface area contributed by atoms with Gasteiger partial charge in [0.2, 0.25) is 5.88 Å². The largest absolute Gasteiger partial charge is 0.476 e. The predicted octanol–water partition coefficient (Wildman–Crippen LogP) is 2.73. The Morgan fingerprint density at radius 2 is 2.00 bits per heavy atom. The van der Waals surface area contributed by atoms with Crippen molar-refractivity contribution in [1.29, 1.82) is 0 Å². The van der Waals surface area contributed by atoms with Crippen molar-refractivity contribution in [3.63, 3.8) is 0 Å². The van der Waals surface area contributed by atoms with Crippen molar-refractivity contribution >= 4 is 17.2 Å². The van der Waals surface area contributed by atoms with Crippen molar-refractivity contribution in [2.45, 2.75) is 13.3 Å². The van der Waals surface area contributed by atoms with Gasteiger partial charge in [0.15, 0.2) is 5.82 Å². The minimum Gasteiger partial charge on any atom is -0.476 e. The monoisotopic (exact) mass is 262 g/mol. The Morgan fingerprint density at radius 3 is 2.68 bits per heavy atom. The van der Waals surface area contributed by atoms with E-state index in [9.17, 15) is 4.39 Å². The number of hydrogen-bond donors (Lipinski definition) is 2. The van der Waals surface area contributed by atoms with Crippen LogP contribution < -0.4 is 15.8 Å². The molecular weight excluding hydrogens is 247 g/mol. The van der Waals surface area contributed by atoms with Crippen molar-refractivity contribution in [2.75, 3.05) is 17.7 Å². The molecule has 0 aliphatic carbocycles. The van der Waals surface area contributed by atoms with E-state index in [1.54, 1.807) is 12.1 Å². The van der Waals surface area contributed by atoms with Gasteiger partial charge in [-0.3, -0.25) is 0 Å². The number of anilines is 3. The molecule has 1 heterocycles. The molecular formula is C13H15FN4O. The van der Waals surface area contributed by atoms with Gasteiger partial charge in [0, 0.05) is 5.69 Å². The van der Waals surface area contributed by atoms with Crippen LogP contribution in [0.1, 0.15) is 13.3 Å². The molecule has 0 radical (unpaired) electrons. The summed E-state index contributed by atoms with van der Waals surface area (Å²) in [5.74, 6) is 0.488. The van der Waals surface area contributed by atoms with Crippen LogP contribution in [0.25, 0.3) is 0 Å². The fraction of sp³-hybridized carbons (Fsp3) is 0.231. The number of aromatic nitrogens is 2. The van der Waals surface area contributed by atoms with Crippen molar-refractivity contribution in [3.8, 4) is 5.88 Å².